The second-order valence-corrected chi connectivity index (χ2v) is 24.8. The Hall–Kier alpha value is -6.08. The zero-order chi connectivity index (χ0) is 48.8. The fourth-order valence-electron chi connectivity index (χ4n) is 8.44. The van der Waals surface area contributed by atoms with Crippen LogP contribution in [0.15, 0.2) is 109 Å². The second kappa shape index (κ2) is 16.3. The summed E-state index contributed by atoms with van der Waals surface area (Å²) < 4.78 is 13.2. The maximum atomic E-state index is 6.99. The molecule has 348 valence electrons. The first-order valence-electron chi connectivity index (χ1n) is 23.9. The number of para-hydroxylation sites is 1. The Bertz CT molecular complexity index is 3090. The smallest absolute Gasteiger partial charge is 0.275 e. The van der Waals surface area contributed by atoms with E-state index in [1.54, 1.807) is 0 Å². The van der Waals surface area contributed by atoms with Crippen molar-refractivity contribution in [3.8, 4) is 40.2 Å². The van der Waals surface area contributed by atoms with Gasteiger partial charge in [-0.05, 0) is 85.2 Å². The molecule has 4 heterocycles. The van der Waals surface area contributed by atoms with E-state index in [2.05, 4.69) is 233 Å². The van der Waals surface area contributed by atoms with Gasteiger partial charge >= 0.3 is 0 Å². The van der Waals surface area contributed by atoms with E-state index in [0.717, 1.165) is 50.4 Å². The summed E-state index contributed by atoms with van der Waals surface area (Å²) in [7, 11) is 0. The molecule has 0 spiro atoms. The molecule has 8 aromatic rings. The van der Waals surface area contributed by atoms with Gasteiger partial charge in [-0.3, -0.25) is 14.1 Å². The molecule has 0 aliphatic carbocycles. The molecule has 7 nitrogen and oxygen atoms in total. The van der Waals surface area contributed by atoms with Crippen LogP contribution in [-0.2, 0) is 32.5 Å². The third kappa shape index (κ3) is 9.70. The molecule has 0 bridgehead atoms. The van der Waals surface area contributed by atoms with Gasteiger partial charge in [0, 0.05) is 51.8 Å². The average molecular weight is 893 g/mol. The predicted octanol–water partition coefficient (Wildman–Crippen LogP) is 15.1. The molecule has 7 heteroatoms. The summed E-state index contributed by atoms with van der Waals surface area (Å²) in [6.45, 7) is 40.6. The fourth-order valence-corrected chi connectivity index (χ4v) is 8.44. The van der Waals surface area contributed by atoms with Crippen LogP contribution in [0.25, 0.3) is 50.5 Å². The molecule has 0 fully saturated rings. The van der Waals surface area contributed by atoms with E-state index >= 15 is 0 Å². The third-order valence-electron chi connectivity index (χ3n) is 12.9. The van der Waals surface area contributed by atoms with Crippen molar-refractivity contribution in [2.24, 2.45) is 0 Å². The van der Waals surface area contributed by atoms with Gasteiger partial charge in [-0.2, -0.15) is 4.68 Å². The minimum atomic E-state index is -0.306. The van der Waals surface area contributed by atoms with Crippen LogP contribution in [0.1, 0.15) is 158 Å². The summed E-state index contributed by atoms with van der Waals surface area (Å²) in [6, 6.07) is 37.2. The van der Waals surface area contributed by atoms with Crippen LogP contribution < -0.4 is 9.42 Å². The van der Waals surface area contributed by atoms with E-state index in [9.17, 15) is 0 Å². The second-order valence-electron chi connectivity index (χ2n) is 24.8. The fraction of sp³-hybridized carbons (Fsp3) is 0.400. The van der Waals surface area contributed by atoms with Crippen LogP contribution in [0.5, 0.6) is 11.5 Å². The number of aromatic nitrogens is 6. The first kappa shape index (κ1) is 47.4. The van der Waals surface area contributed by atoms with Crippen molar-refractivity contribution < 1.29 is 9.42 Å². The summed E-state index contributed by atoms with van der Waals surface area (Å²) >= 11 is 0. The van der Waals surface area contributed by atoms with Crippen LogP contribution in [0.2, 0.25) is 0 Å². The summed E-state index contributed by atoms with van der Waals surface area (Å²) in [5, 5.41) is 7.77. The lowest BCUT2D eigenvalue weighted by molar-refractivity contribution is -0.660. The number of benzene rings is 4. The monoisotopic (exact) mass is 893 g/mol. The minimum absolute atomic E-state index is 0.0313. The standard InChI is InChI=1S/C60H72N6O/c1-55(2,3)39-25-26-61-52(33-39)66-49-22-20-19-21-47(49)48-24-23-45(34-50(48)66)67-46-35-51(60(16,17)18)62-53(36-46)64-37-65(44-31-42(58(10,11)12)30-43(32-44)59(13,14)15)63-54(64)38-27-40(56(4,5)6)29-41(28-38)57(7,8)9/h19-36H,1-18H3. The van der Waals surface area contributed by atoms with Crippen molar-refractivity contribution in [2.75, 3.05) is 0 Å². The van der Waals surface area contributed by atoms with Gasteiger partial charge in [0.1, 0.15) is 23.1 Å². The number of hydrogen-bond acceptors (Lipinski definition) is 4. The molecule has 8 rings (SSSR count). The van der Waals surface area contributed by atoms with E-state index in [-0.39, 0.29) is 32.5 Å². The number of ether oxygens (including phenoxy) is 1. The first-order valence-corrected chi connectivity index (χ1v) is 23.9. The van der Waals surface area contributed by atoms with E-state index < -0.39 is 0 Å². The van der Waals surface area contributed by atoms with Gasteiger partial charge in [0.05, 0.1) is 16.7 Å². The minimum Gasteiger partial charge on any atom is -0.458 e. The number of fused-ring (bicyclic) bond motifs is 3. The maximum Gasteiger partial charge on any atom is 0.275 e. The Morgan fingerprint density at radius 2 is 1.03 bits per heavy atom. The molecular formula is C60H72N6O. The van der Waals surface area contributed by atoms with Gasteiger partial charge in [-0.1, -0.05) is 179 Å². The number of rotatable bonds is 6. The van der Waals surface area contributed by atoms with Crippen molar-refractivity contribution in [2.45, 2.75) is 157 Å². The number of pyridine rings is 2. The van der Waals surface area contributed by atoms with Crippen molar-refractivity contribution in [1.82, 2.24) is 24.2 Å². The summed E-state index contributed by atoms with van der Waals surface area (Å²) in [6.07, 6.45) is 5.65. The lowest BCUT2D eigenvalue weighted by Crippen LogP contribution is -2.34. The van der Waals surface area contributed by atoms with Gasteiger partial charge in [0.25, 0.3) is 6.33 Å². The zero-order valence-corrected chi connectivity index (χ0v) is 43.5. The van der Waals surface area contributed by atoms with Gasteiger partial charge in [-0.25, -0.2) is 4.98 Å². The summed E-state index contributed by atoms with van der Waals surface area (Å²) in [5.41, 5.74) is 10.5. The Labute approximate surface area is 400 Å². The highest BCUT2D eigenvalue weighted by molar-refractivity contribution is 6.09. The lowest BCUT2D eigenvalue weighted by Gasteiger charge is -2.26. The van der Waals surface area contributed by atoms with Gasteiger partial charge in [0.15, 0.2) is 5.82 Å². The molecule has 4 aromatic carbocycles. The Balaban J connectivity index is 1.35. The van der Waals surface area contributed by atoms with E-state index in [0.29, 0.717) is 17.3 Å². The Kier molecular flexibility index (Phi) is 11.5. The predicted molar refractivity (Wildman–Crippen MR) is 278 cm³/mol. The lowest BCUT2D eigenvalue weighted by atomic mass is 9.79. The van der Waals surface area contributed by atoms with Crippen molar-refractivity contribution >= 4 is 21.8 Å². The quantitative estimate of drug-likeness (QED) is 0.123. The third-order valence-corrected chi connectivity index (χ3v) is 12.9. The molecule has 67 heavy (non-hydrogen) atoms. The van der Waals surface area contributed by atoms with Crippen LogP contribution in [0.3, 0.4) is 0 Å². The average Bonchev–Trinajstić information content (AvgIpc) is 3.82. The molecule has 0 saturated carbocycles. The van der Waals surface area contributed by atoms with Crippen LogP contribution in [-0.4, -0.2) is 24.2 Å². The molecule has 4 aromatic heterocycles. The maximum absolute atomic E-state index is 6.99. The van der Waals surface area contributed by atoms with Crippen molar-refractivity contribution in [1.29, 1.82) is 0 Å². The molecule has 0 atom stereocenters. The molecular weight excluding hydrogens is 821 g/mol. The molecule has 0 unspecified atom stereocenters. The SMILES string of the molecule is CC(C)(C)c1cc(-c2n[n+](-c3cc(C(C)(C)C)cc(C(C)(C)C)c3)[c-]n2-c2cc(Oc3ccc4c5ccccc5n(-c5cc(C(C)(C)C)ccn5)c4c3)cc(C(C)(C)C)n2)cc(C(C)(C)C)c1. The van der Waals surface area contributed by atoms with Gasteiger partial charge < -0.3 is 4.74 Å². The Morgan fingerprint density at radius 3 is 1.60 bits per heavy atom. The van der Waals surface area contributed by atoms with E-state index in [4.69, 9.17) is 19.8 Å². The molecule has 0 N–H and O–H groups in total. The van der Waals surface area contributed by atoms with Crippen molar-refractivity contribution in [3.05, 3.63) is 149 Å². The molecule has 0 saturated heterocycles. The molecule has 0 amide bonds. The largest absolute Gasteiger partial charge is 0.458 e. The molecule has 0 radical (unpaired) electrons. The Morgan fingerprint density at radius 1 is 0.478 bits per heavy atom. The van der Waals surface area contributed by atoms with Crippen LogP contribution in [0, 0.1) is 6.33 Å². The normalized spacial score (nSPS) is 13.2. The van der Waals surface area contributed by atoms with Crippen LogP contribution >= 0.6 is 0 Å². The first-order chi connectivity index (χ1) is 30.9. The number of nitrogens with zero attached hydrogens (tertiary/aromatic N) is 6. The van der Waals surface area contributed by atoms with Crippen LogP contribution in [0.4, 0.5) is 0 Å². The molecule has 0 aliphatic rings. The highest BCUT2D eigenvalue weighted by Crippen LogP contribution is 2.39. The summed E-state index contributed by atoms with van der Waals surface area (Å²) in [5.74, 6) is 3.68. The van der Waals surface area contributed by atoms with Crippen molar-refractivity contribution in [3.63, 3.8) is 0 Å². The van der Waals surface area contributed by atoms with E-state index in [1.165, 1.54) is 27.8 Å². The topological polar surface area (TPSA) is 61.6 Å². The van der Waals surface area contributed by atoms with Gasteiger partial charge in [0.2, 0.25) is 0 Å². The summed E-state index contributed by atoms with van der Waals surface area (Å²) in [4.78, 5) is 10.3. The zero-order valence-electron chi connectivity index (χ0n) is 43.5. The van der Waals surface area contributed by atoms with Gasteiger partial charge in [-0.15, -0.1) is 5.10 Å². The highest BCUT2D eigenvalue weighted by atomic mass is 16.5. The highest BCUT2D eigenvalue weighted by Gasteiger charge is 2.28. The number of hydrogen-bond donors (Lipinski definition) is 0. The molecule has 0 aliphatic heterocycles. The van der Waals surface area contributed by atoms with E-state index in [1.807, 2.05) is 21.5 Å².